The summed E-state index contributed by atoms with van der Waals surface area (Å²) in [4.78, 5) is 0. The van der Waals surface area contributed by atoms with Crippen molar-refractivity contribution in [3.05, 3.63) is 22.7 Å². The molecule has 0 atom stereocenters. The van der Waals surface area contributed by atoms with E-state index < -0.39 is 0 Å². The number of benzene rings is 1. The smallest absolute Gasteiger partial charge is 0.135 e. The first-order valence-corrected chi connectivity index (χ1v) is 5.78. The van der Waals surface area contributed by atoms with Crippen molar-refractivity contribution in [2.45, 2.75) is 0 Å². The predicted molar refractivity (Wildman–Crippen MR) is 66.7 cm³/mol. The van der Waals surface area contributed by atoms with E-state index in [1.807, 2.05) is 18.2 Å². The molecule has 2 N–H and O–H groups in total. The zero-order valence-electron chi connectivity index (χ0n) is 9.24. The van der Waals surface area contributed by atoms with Gasteiger partial charge in [0.2, 0.25) is 0 Å². The zero-order chi connectivity index (χ0) is 11.8. The van der Waals surface area contributed by atoms with Crippen LogP contribution >= 0.6 is 15.9 Å². The van der Waals surface area contributed by atoms with Crippen LogP contribution in [-0.2, 0) is 9.47 Å². The molecule has 0 saturated carbocycles. The Morgan fingerprint density at radius 3 is 2.69 bits per heavy atom. The summed E-state index contributed by atoms with van der Waals surface area (Å²) in [7, 11) is 1.64. The molecular weight excluding hydrogens is 274 g/mol. The van der Waals surface area contributed by atoms with E-state index in [2.05, 4.69) is 15.9 Å². The Morgan fingerprint density at radius 2 is 1.94 bits per heavy atom. The van der Waals surface area contributed by atoms with Crippen molar-refractivity contribution >= 4 is 21.6 Å². The molecule has 90 valence electrons. The summed E-state index contributed by atoms with van der Waals surface area (Å²) in [6.07, 6.45) is 0. The molecule has 1 aromatic rings. The van der Waals surface area contributed by atoms with Crippen molar-refractivity contribution in [3.8, 4) is 5.75 Å². The van der Waals surface area contributed by atoms with E-state index in [9.17, 15) is 0 Å². The summed E-state index contributed by atoms with van der Waals surface area (Å²) >= 11 is 3.36. The van der Waals surface area contributed by atoms with Gasteiger partial charge in [0.15, 0.2) is 0 Å². The van der Waals surface area contributed by atoms with Crippen LogP contribution < -0.4 is 10.5 Å². The maximum atomic E-state index is 5.72. The molecule has 0 spiro atoms. The van der Waals surface area contributed by atoms with Gasteiger partial charge in [-0.1, -0.05) is 6.07 Å². The quantitative estimate of drug-likeness (QED) is 0.617. The van der Waals surface area contributed by atoms with Crippen molar-refractivity contribution in [2.75, 3.05) is 39.3 Å². The Bertz CT molecular complexity index is 320. The normalized spacial score (nSPS) is 10.4. The molecule has 0 aliphatic carbocycles. The molecule has 0 radical (unpaired) electrons. The Kier molecular flexibility index (Phi) is 6.22. The fourth-order valence-electron chi connectivity index (χ4n) is 1.09. The molecule has 0 aliphatic rings. The average molecular weight is 290 g/mol. The Labute approximate surface area is 104 Å². The van der Waals surface area contributed by atoms with Crippen LogP contribution in [0.2, 0.25) is 0 Å². The molecule has 0 heterocycles. The van der Waals surface area contributed by atoms with Gasteiger partial charge in [-0.15, -0.1) is 0 Å². The first-order valence-electron chi connectivity index (χ1n) is 4.99. The van der Waals surface area contributed by atoms with Crippen LogP contribution in [0.5, 0.6) is 5.75 Å². The largest absolute Gasteiger partial charge is 0.490 e. The van der Waals surface area contributed by atoms with Gasteiger partial charge in [0.05, 0.1) is 24.3 Å². The lowest BCUT2D eigenvalue weighted by Crippen LogP contribution is -2.10. The number of hydrogen-bond donors (Lipinski definition) is 1. The molecule has 1 aromatic carbocycles. The number of rotatable bonds is 7. The van der Waals surface area contributed by atoms with E-state index in [0.717, 1.165) is 10.2 Å². The lowest BCUT2D eigenvalue weighted by Gasteiger charge is -2.09. The summed E-state index contributed by atoms with van der Waals surface area (Å²) in [5, 5.41) is 0. The van der Waals surface area contributed by atoms with E-state index in [0.29, 0.717) is 32.1 Å². The van der Waals surface area contributed by atoms with Gasteiger partial charge in [-0.25, -0.2) is 0 Å². The molecule has 0 fully saturated rings. The van der Waals surface area contributed by atoms with Crippen molar-refractivity contribution in [1.29, 1.82) is 0 Å². The van der Waals surface area contributed by atoms with Gasteiger partial charge in [0.1, 0.15) is 12.4 Å². The van der Waals surface area contributed by atoms with Crippen molar-refractivity contribution in [3.63, 3.8) is 0 Å². The van der Waals surface area contributed by atoms with Crippen molar-refractivity contribution < 1.29 is 14.2 Å². The summed E-state index contributed by atoms with van der Waals surface area (Å²) < 4.78 is 16.4. The second kappa shape index (κ2) is 7.49. The number of nitrogen functional groups attached to an aromatic ring is 1. The maximum absolute atomic E-state index is 5.72. The number of methoxy groups -OCH3 is 1. The summed E-state index contributed by atoms with van der Waals surface area (Å²) in [6.45, 7) is 2.20. The van der Waals surface area contributed by atoms with Gasteiger partial charge < -0.3 is 19.9 Å². The Morgan fingerprint density at radius 1 is 1.19 bits per heavy atom. The number of anilines is 1. The first kappa shape index (κ1) is 13.3. The van der Waals surface area contributed by atoms with Crippen LogP contribution in [0.4, 0.5) is 5.69 Å². The second-order valence-electron chi connectivity index (χ2n) is 3.11. The van der Waals surface area contributed by atoms with E-state index >= 15 is 0 Å². The number of nitrogens with two attached hydrogens (primary N) is 1. The highest BCUT2D eigenvalue weighted by molar-refractivity contribution is 9.10. The minimum absolute atomic E-state index is 0.492. The molecule has 0 aromatic heterocycles. The van der Waals surface area contributed by atoms with Crippen LogP contribution in [0.25, 0.3) is 0 Å². The van der Waals surface area contributed by atoms with Gasteiger partial charge in [-0.2, -0.15) is 0 Å². The number of halogens is 1. The van der Waals surface area contributed by atoms with E-state index in [-0.39, 0.29) is 0 Å². The number of hydrogen-bond acceptors (Lipinski definition) is 4. The molecule has 1 rings (SSSR count). The van der Waals surface area contributed by atoms with E-state index in [4.69, 9.17) is 19.9 Å². The van der Waals surface area contributed by atoms with Gasteiger partial charge in [-0.05, 0) is 28.1 Å². The molecule has 4 nitrogen and oxygen atoms in total. The predicted octanol–water partition coefficient (Wildman–Crippen LogP) is 2.07. The lowest BCUT2D eigenvalue weighted by molar-refractivity contribution is 0.0543. The highest BCUT2D eigenvalue weighted by atomic mass is 79.9. The Hall–Kier alpha value is -0.780. The molecule has 0 saturated heterocycles. The third kappa shape index (κ3) is 4.38. The number of ether oxygens (including phenoxy) is 3. The first-order chi connectivity index (χ1) is 7.75. The minimum Gasteiger partial charge on any atom is -0.490 e. The van der Waals surface area contributed by atoms with Crippen molar-refractivity contribution in [1.82, 2.24) is 0 Å². The summed E-state index contributed by atoms with van der Waals surface area (Å²) in [5.74, 6) is 0.732. The molecule has 0 aliphatic heterocycles. The second-order valence-corrected chi connectivity index (χ2v) is 3.91. The van der Waals surface area contributed by atoms with Gasteiger partial charge in [-0.3, -0.25) is 0 Å². The topological polar surface area (TPSA) is 53.7 Å². The summed E-state index contributed by atoms with van der Waals surface area (Å²) in [5.41, 5.74) is 6.38. The molecule has 16 heavy (non-hydrogen) atoms. The average Bonchev–Trinajstić information content (AvgIpc) is 2.29. The molecular formula is C11H16BrNO3. The van der Waals surface area contributed by atoms with Crippen LogP contribution in [-0.4, -0.2) is 33.5 Å². The molecule has 0 bridgehead atoms. The zero-order valence-corrected chi connectivity index (χ0v) is 10.8. The standard InChI is InChI=1S/C11H16BrNO3/c1-14-5-6-15-7-8-16-10-4-2-3-9(13)11(10)12/h2-4H,5-8,13H2,1H3. The van der Waals surface area contributed by atoms with Crippen LogP contribution in [0.1, 0.15) is 0 Å². The highest BCUT2D eigenvalue weighted by Crippen LogP contribution is 2.29. The SMILES string of the molecule is COCCOCCOc1cccc(N)c1Br. The van der Waals surface area contributed by atoms with Crippen LogP contribution in [0.3, 0.4) is 0 Å². The van der Waals surface area contributed by atoms with Gasteiger partial charge >= 0.3 is 0 Å². The molecule has 0 unspecified atom stereocenters. The fraction of sp³-hybridized carbons (Fsp3) is 0.455. The van der Waals surface area contributed by atoms with Gasteiger partial charge in [0.25, 0.3) is 0 Å². The third-order valence-electron chi connectivity index (χ3n) is 1.91. The molecule has 5 heteroatoms. The molecule has 0 amide bonds. The lowest BCUT2D eigenvalue weighted by atomic mass is 10.3. The van der Waals surface area contributed by atoms with E-state index in [1.54, 1.807) is 7.11 Å². The monoisotopic (exact) mass is 289 g/mol. The van der Waals surface area contributed by atoms with Crippen molar-refractivity contribution in [2.24, 2.45) is 0 Å². The summed E-state index contributed by atoms with van der Waals surface area (Å²) in [6, 6.07) is 5.52. The van der Waals surface area contributed by atoms with Gasteiger partial charge in [0, 0.05) is 12.8 Å². The third-order valence-corrected chi connectivity index (χ3v) is 2.76. The van der Waals surface area contributed by atoms with E-state index in [1.165, 1.54) is 0 Å². The highest BCUT2D eigenvalue weighted by Gasteiger charge is 2.03. The van der Waals surface area contributed by atoms with Crippen LogP contribution in [0, 0.1) is 0 Å². The maximum Gasteiger partial charge on any atom is 0.135 e. The minimum atomic E-state index is 0.492. The van der Waals surface area contributed by atoms with Crippen LogP contribution in [0.15, 0.2) is 22.7 Å². The Balaban J connectivity index is 2.24. The fourth-order valence-corrected chi connectivity index (χ4v) is 1.47.